The monoisotopic (exact) mass is 707 g/mol. The Bertz CT molecular complexity index is 1750. The normalized spacial score (nSPS) is 16.3. The van der Waals surface area contributed by atoms with Crippen LogP contribution in [0.1, 0.15) is 45.7 Å². The lowest BCUT2D eigenvalue weighted by atomic mass is 9.74. The molecule has 0 spiro atoms. The maximum Gasteiger partial charge on any atom is 0.373 e. The zero-order chi connectivity index (χ0) is 35.6. The summed E-state index contributed by atoms with van der Waals surface area (Å²) in [5.41, 5.74) is 12.3. The largest absolute Gasteiger partial charge is 0.724 e. The molecule has 1 saturated heterocycles. The number of benzene rings is 1. The molecular formula is C29H37N7O10S2. The summed E-state index contributed by atoms with van der Waals surface area (Å²) >= 11 is 1.10. The van der Waals surface area contributed by atoms with E-state index in [0.29, 0.717) is 23.8 Å². The van der Waals surface area contributed by atoms with Gasteiger partial charge >= 0.3 is 6.15 Å². The molecule has 260 valence electrons. The summed E-state index contributed by atoms with van der Waals surface area (Å²) < 4.78 is 47.4. The molecule has 3 aromatic rings. The van der Waals surface area contributed by atoms with E-state index < -0.39 is 39.7 Å². The van der Waals surface area contributed by atoms with Gasteiger partial charge in [0.05, 0.1) is 29.8 Å². The number of hydroxylamine groups is 2. The van der Waals surface area contributed by atoms with Crippen molar-refractivity contribution in [2.24, 2.45) is 23.9 Å². The first-order valence-corrected chi connectivity index (χ1v) is 16.8. The molecular weight excluding hydrogens is 670 g/mol. The van der Waals surface area contributed by atoms with Gasteiger partial charge in [0.25, 0.3) is 5.91 Å². The number of β-lactam (4-membered cyclic amide) rings is 1. The Hall–Kier alpha value is -4.52. The summed E-state index contributed by atoms with van der Waals surface area (Å²) in [6.07, 6.45) is 4.85. The summed E-state index contributed by atoms with van der Waals surface area (Å²) in [5, 5.41) is 6.29. The molecule has 1 amide bonds. The van der Waals surface area contributed by atoms with Crippen LogP contribution in [0.5, 0.6) is 5.75 Å². The Morgan fingerprint density at radius 2 is 1.92 bits per heavy atom. The fourth-order valence-corrected chi connectivity index (χ4v) is 5.75. The van der Waals surface area contributed by atoms with Gasteiger partial charge in [0, 0.05) is 11.8 Å². The van der Waals surface area contributed by atoms with Gasteiger partial charge in [-0.25, -0.2) is 13.4 Å². The molecule has 1 aliphatic rings. The number of nitrogen functional groups attached to an aromatic ring is 1. The summed E-state index contributed by atoms with van der Waals surface area (Å²) in [6, 6.07) is 7.64. The Labute approximate surface area is 280 Å². The average Bonchev–Trinajstić information content (AvgIpc) is 3.63. The summed E-state index contributed by atoms with van der Waals surface area (Å²) in [4.78, 5) is 52.0. The van der Waals surface area contributed by atoms with Crippen LogP contribution in [0.2, 0.25) is 0 Å². The van der Waals surface area contributed by atoms with Crippen molar-refractivity contribution in [3.8, 4) is 16.9 Å². The van der Waals surface area contributed by atoms with Gasteiger partial charge in [-0.2, -0.15) is 23.6 Å². The maximum absolute atomic E-state index is 13.4. The summed E-state index contributed by atoms with van der Waals surface area (Å²) in [7, 11) is -3.19. The molecule has 0 radical (unpaired) electrons. The minimum Gasteiger partial charge on any atom is -0.724 e. The fourth-order valence-electron chi connectivity index (χ4n) is 4.75. The molecule has 1 aromatic carbocycles. The highest BCUT2D eigenvalue weighted by Crippen LogP contribution is 2.40. The number of thiazole rings is 1. The van der Waals surface area contributed by atoms with Crippen LogP contribution in [0.25, 0.3) is 11.1 Å². The van der Waals surface area contributed by atoms with E-state index >= 15 is 0 Å². The van der Waals surface area contributed by atoms with Crippen molar-refractivity contribution >= 4 is 50.4 Å². The van der Waals surface area contributed by atoms with Crippen LogP contribution in [-0.4, -0.2) is 76.0 Å². The Morgan fingerprint density at radius 3 is 2.46 bits per heavy atom. The first kappa shape index (κ1) is 37.9. The van der Waals surface area contributed by atoms with Crippen molar-refractivity contribution in [2.45, 2.75) is 58.2 Å². The van der Waals surface area contributed by atoms with Gasteiger partial charge in [-0.1, -0.05) is 24.2 Å². The van der Waals surface area contributed by atoms with E-state index in [0.717, 1.165) is 35.4 Å². The van der Waals surface area contributed by atoms with Gasteiger partial charge in [-0.05, 0) is 50.9 Å². The van der Waals surface area contributed by atoms with E-state index in [1.54, 1.807) is 0 Å². The van der Waals surface area contributed by atoms with E-state index in [2.05, 4.69) is 25.3 Å². The van der Waals surface area contributed by atoms with Crippen LogP contribution in [0, 0.1) is 5.92 Å². The smallest absolute Gasteiger partial charge is 0.373 e. The van der Waals surface area contributed by atoms with Crippen molar-refractivity contribution in [3.63, 3.8) is 0 Å². The van der Waals surface area contributed by atoms with Crippen LogP contribution in [0.3, 0.4) is 0 Å². The lowest BCUT2D eigenvalue weighted by molar-refractivity contribution is -0.753. The molecule has 1 fully saturated rings. The van der Waals surface area contributed by atoms with Crippen LogP contribution in [-0.2, 0) is 52.3 Å². The number of nitrogens with zero attached hydrogens (tertiary/aromatic N) is 5. The molecule has 19 heteroatoms. The summed E-state index contributed by atoms with van der Waals surface area (Å²) in [5.74, 6) is -1.77. The van der Waals surface area contributed by atoms with Crippen LogP contribution < -0.4 is 20.9 Å². The minimum atomic E-state index is -5.18. The molecule has 2 atom stereocenters. The van der Waals surface area contributed by atoms with E-state index in [1.165, 1.54) is 19.2 Å². The number of rotatable bonds is 16. The highest BCUT2D eigenvalue weighted by atomic mass is 32.3. The SMILES string of the molecule is CC[C@H](COc1ccc(-c2cn(CCCN)[n+](C)c2)cc1)O/N=C(\C(=O)C[C@@H]1C(=O)N(OS(=O)(=O)[O-])C1(C)C)c1csc(N)n1.O=C=O. The van der Waals surface area contributed by atoms with E-state index in [4.69, 9.17) is 30.6 Å². The number of hydrogen-bond donors (Lipinski definition) is 2. The first-order chi connectivity index (χ1) is 22.6. The Morgan fingerprint density at radius 1 is 1.25 bits per heavy atom. The minimum absolute atomic E-state index is 0.133. The van der Waals surface area contributed by atoms with Gasteiger partial charge in [0.1, 0.15) is 18.1 Å². The number of anilines is 1. The highest BCUT2D eigenvalue weighted by molar-refractivity contribution is 7.80. The van der Waals surface area contributed by atoms with E-state index in [-0.39, 0.29) is 35.7 Å². The van der Waals surface area contributed by atoms with Gasteiger partial charge in [-0.15, -0.1) is 16.0 Å². The molecule has 0 bridgehead atoms. The number of aromatic nitrogens is 3. The number of carbonyl (C=O) groups is 2. The molecule has 0 aliphatic carbocycles. The van der Waals surface area contributed by atoms with E-state index in [9.17, 15) is 22.6 Å². The number of Topliss-reactive ketones (excluding diaryl/α,β-unsaturated/α-hetero) is 1. The molecule has 48 heavy (non-hydrogen) atoms. The molecule has 17 nitrogen and oxygen atoms in total. The topological polar surface area (TPSA) is 243 Å². The van der Waals surface area contributed by atoms with Crippen LogP contribution in [0.4, 0.5) is 5.13 Å². The number of ether oxygens (including phenoxy) is 1. The maximum atomic E-state index is 13.4. The molecule has 0 saturated carbocycles. The number of carbonyl (C=O) groups excluding carboxylic acids is 4. The summed E-state index contributed by atoms with van der Waals surface area (Å²) in [6.45, 7) is 6.41. The van der Waals surface area contributed by atoms with Crippen molar-refractivity contribution in [3.05, 3.63) is 47.7 Å². The molecule has 0 unspecified atom stereocenters. The second-order valence-electron chi connectivity index (χ2n) is 11.1. The number of oxime groups is 1. The van der Waals surface area contributed by atoms with E-state index in [1.807, 2.05) is 49.1 Å². The lowest BCUT2D eigenvalue weighted by Crippen LogP contribution is -2.68. The third kappa shape index (κ3) is 9.75. The molecule has 1 aliphatic heterocycles. The predicted molar refractivity (Wildman–Crippen MR) is 168 cm³/mol. The van der Waals surface area contributed by atoms with Crippen molar-refractivity contribution in [2.75, 3.05) is 18.9 Å². The van der Waals surface area contributed by atoms with Crippen LogP contribution in [0.15, 0.2) is 47.2 Å². The van der Waals surface area contributed by atoms with Crippen molar-refractivity contribution < 1.29 is 50.7 Å². The Kier molecular flexibility index (Phi) is 13.1. The third-order valence-electron chi connectivity index (χ3n) is 7.44. The second kappa shape index (κ2) is 16.5. The van der Waals surface area contributed by atoms with Crippen molar-refractivity contribution in [1.82, 2.24) is 14.7 Å². The Balaban J connectivity index is 0.00000201. The standard InChI is InChI=1S/C28H37N7O8S2.CO2/c1-5-20(16-41-21-9-7-18(8-10-21)19-14-33(4)34(15-19)12-6-11-29)42-32-25(23-17-44-27(30)31-23)24(36)13-22-26(37)35(28(22,2)3)43-45(38,39)40;2-1-3/h7-10,14-15,17,20,22H,5-6,11-13,16,29H2,1-4H3,(H2-,30,31,38,39,40);/b32-25-;/t20-,22-;/m1./s1. The molecule has 3 heterocycles. The fraction of sp³-hybridized carbons (Fsp3) is 0.448. The van der Waals surface area contributed by atoms with Gasteiger partial charge < -0.3 is 25.6 Å². The first-order valence-electron chi connectivity index (χ1n) is 14.6. The number of aryl methyl sites for hydroxylation is 2. The third-order valence-corrected chi connectivity index (χ3v) is 8.45. The number of hydrogen-bond acceptors (Lipinski definition) is 15. The zero-order valence-corrected chi connectivity index (χ0v) is 28.4. The molecule has 4 N–H and O–H groups in total. The van der Waals surface area contributed by atoms with Crippen LogP contribution >= 0.6 is 11.3 Å². The number of nitrogens with two attached hydrogens (primary N) is 2. The predicted octanol–water partition coefficient (Wildman–Crippen LogP) is 0.950. The molecule has 2 aromatic heterocycles. The highest BCUT2D eigenvalue weighted by Gasteiger charge is 2.57. The average molecular weight is 708 g/mol. The number of amides is 1. The van der Waals surface area contributed by atoms with Gasteiger partial charge in [0.15, 0.2) is 29.8 Å². The number of ketones is 1. The quantitative estimate of drug-likeness (QED) is 0.0527. The van der Waals surface area contributed by atoms with Gasteiger partial charge in [0.2, 0.25) is 16.6 Å². The van der Waals surface area contributed by atoms with Gasteiger partial charge in [-0.3, -0.25) is 9.59 Å². The molecule has 4 rings (SSSR count). The van der Waals surface area contributed by atoms with Crippen molar-refractivity contribution in [1.29, 1.82) is 0 Å². The zero-order valence-electron chi connectivity index (χ0n) is 26.7. The second-order valence-corrected chi connectivity index (χ2v) is 13.0. The lowest BCUT2D eigenvalue weighted by Gasteiger charge is -2.51.